The van der Waals surface area contributed by atoms with Crippen molar-refractivity contribution in [3.05, 3.63) is 59.1 Å². The van der Waals surface area contributed by atoms with Gasteiger partial charge < -0.3 is 10.2 Å². The van der Waals surface area contributed by atoms with Crippen LogP contribution in [0.1, 0.15) is 18.4 Å². The van der Waals surface area contributed by atoms with E-state index in [2.05, 4.69) is 15.2 Å². The molecule has 1 aliphatic heterocycles. The first kappa shape index (κ1) is 16.7. The second-order valence-corrected chi connectivity index (χ2v) is 6.36. The van der Waals surface area contributed by atoms with E-state index < -0.39 is 5.82 Å². The molecular formula is C18H19ClFN3O. The van der Waals surface area contributed by atoms with Gasteiger partial charge in [0.2, 0.25) is 5.91 Å². The standard InChI is InChI=1S/C18H19ClFN3O/c19-16-11-15(2-3-17(16)20)23-10-7-14(12-23)22-18(24)4-1-13-5-8-21-9-6-13/h2-3,5-6,8-9,11,14H,1,4,7,10,12H2,(H,22,24)/t14-/m1/s1. The summed E-state index contributed by atoms with van der Waals surface area (Å²) in [6.07, 6.45) is 5.50. The first-order valence-electron chi connectivity index (χ1n) is 8.00. The zero-order valence-corrected chi connectivity index (χ0v) is 14.0. The molecule has 2 heterocycles. The summed E-state index contributed by atoms with van der Waals surface area (Å²) in [6.45, 7) is 1.53. The highest BCUT2D eigenvalue weighted by molar-refractivity contribution is 6.31. The second-order valence-electron chi connectivity index (χ2n) is 5.95. The van der Waals surface area contributed by atoms with Gasteiger partial charge in [-0.15, -0.1) is 0 Å². The van der Waals surface area contributed by atoms with Gasteiger partial charge in [-0.2, -0.15) is 0 Å². The molecule has 0 saturated carbocycles. The van der Waals surface area contributed by atoms with Gasteiger partial charge in [0, 0.05) is 43.6 Å². The molecule has 1 saturated heterocycles. The highest BCUT2D eigenvalue weighted by Gasteiger charge is 2.24. The summed E-state index contributed by atoms with van der Waals surface area (Å²) >= 11 is 5.84. The van der Waals surface area contributed by atoms with E-state index in [0.717, 1.165) is 24.2 Å². The lowest BCUT2D eigenvalue weighted by Gasteiger charge is -2.19. The van der Waals surface area contributed by atoms with Crippen LogP contribution >= 0.6 is 11.6 Å². The molecule has 1 aromatic carbocycles. The fourth-order valence-corrected chi connectivity index (χ4v) is 3.08. The molecule has 1 aliphatic rings. The average molecular weight is 348 g/mol. The average Bonchev–Trinajstić information content (AvgIpc) is 3.05. The van der Waals surface area contributed by atoms with Gasteiger partial charge in [-0.1, -0.05) is 11.6 Å². The van der Waals surface area contributed by atoms with E-state index in [4.69, 9.17) is 11.6 Å². The minimum atomic E-state index is -0.416. The highest BCUT2D eigenvalue weighted by Crippen LogP contribution is 2.25. The van der Waals surface area contributed by atoms with Crippen molar-refractivity contribution >= 4 is 23.2 Å². The molecule has 1 aromatic heterocycles. The van der Waals surface area contributed by atoms with E-state index in [1.165, 1.54) is 6.07 Å². The number of aromatic nitrogens is 1. The number of aryl methyl sites for hydroxylation is 1. The number of anilines is 1. The van der Waals surface area contributed by atoms with Crippen LogP contribution in [0.25, 0.3) is 0 Å². The lowest BCUT2D eigenvalue weighted by atomic mass is 10.1. The van der Waals surface area contributed by atoms with Gasteiger partial charge in [-0.3, -0.25) is 9.78 Å². The van der Waals surface area contributed by atoms with Gasteiger partial charge in [0.25, 0.3) is 0 Å². The predicted molar refractivity (Wildman–Crippen MR) is 92.7 cm³/mol. The van der Waals surface area contributed by atoms with E-state index in [-0.39, 0.29) is 17.0 Å². The minimum Gasteiger partial charge on any atom is -0.369 e. The Morgan fingerprint density at radius 2 is 2.12 bits per heavy atom. The smallest absolute Gasteiger partial charge is 0.220 e. The Morgan fingerprint density at radius 1 is 1.33 bits per heavy atom. The normalized spacial score (nSPS) is 17.1. The number of hydrogen-bond acceptors (Lipinski definition) is 3. The van der Waals surface area contributed by atoms with Crippen molar-refractivity contribution in [1.82, 2.24) is 10.3 Å². The number of carbonyl (C=O) groups excluding carboxylic acids is 1. The van der Waals surface area contributed by atoms with Crippen LogP contribution in [0.3, 0.4) is 0 Å². The molecule has 1 amide bonds. The summed E-state index contributed by atoms with van der Waals surface area (Å²) in [7, 11) is 0. The van der Waals surface area contributed by atoms with Gasteiger partial charge >= 0.3 is 0 Å². The maximum Gasteiger partial charge on any atom is 0.220 e. The molecule has 1 N–H and O–H groups in total. The van der Waals surface area contributed by atoms with Crippen molar-refractivity contribution in [2.24, 2.45) is 0 Å². The summed E-state index contributed by atoms with van der Waals surface area (Å²) in [5.74, 6) is -0.364. The molecule has 1 atom stereocenters. The Balaban J connectivity index is 1.48. The molecular weight excluding hydrogens is 329 g/mol. The molecule has 0 aliphatic carbocycles. The fourth-order valence-electron chi connectivity index (χ4n) is 2.90. The molecule has 0 spiro atoms. The lowest BCUT2D eigenvalue weighted by molar-refractivity contribution is -0.121. The molecule has 24 heavy (non-hydrogen) atoms. The van der Waals surface area contributed by atoms with Crippen LogP contribution in [-0.4, -0.2) is 30.0 Å². The van der Waals surface area contributed by atoms with Crippen LogP contribution < -0.4 is 10.2 Å². The Kier molecular flexibility index (Phi) is 5.30. The molecule has 126 valence electrons. The highest BCUT2D eigenvalue weighted by atomic mass is 35.5. The molecule has 0 radical (unpaired) electrons. The van der Waals surface area contributed by atoms with Crippen molar-refractivity contribution in [3.63, 3.8) is 0 Å². The van der Waals surface area contributed by atoms with Gasteiger partial charge in [0.1, 0.15) is 5.82 Å². The number of hydrogen-bond donors (Lipinski definition) is 1. The first-order valence-corrected chi connectivity index (χ1v) is 8.38. The first-order chi connectivity index (χ1) is 11.6. The van der Waals surface area contributed by atoms with Crippen LogP contribution in [0, 0.1) is 5.82 Å². The van der Waals surface area contributed by atoms with Gasteiger partial charge in [-0.25, -0.2) is 4.39 Å². The summed E-state index contributed by atoms with van der Waals surface area (Å²) in [4.78, 5) is 18.2. The van der Waals surface area contributed by atoms with Crippen LogP contribution in [-0.2, 0) is 11.2 Å². The SMILES string of the molecule is O=C(CCc1ccncc1)N[C@@H]1CCN(c2ccc(F)c(Cl)c2)C1. The predicted octanol–water partition coefficient (Wildman–Crippen LogP) is 3.20. The molecule has 6 heteroatoms. The van der Waals surface area contributed by atoms with Gasteiger partial charge in [0.05, 0.1) is 5.02 Å². The topological polar surface area (TPSA) is 45.2 Å². The van der Waals surface area contributed by atoms with Crippen LogP contribution in [0.5, 0.6) is 0 Å². The van der Waals surface area contributed by atoms with Gasteiger partial charge in [0.15, 0.2) is 0 Å². The number of rotatable bonds is 5. The van der Waals surface area contributed by atoms with Crippen molar-refractivity contribution in [3.8, 4) is 0 Å². The quantitative estimate of drug-likeness (QED) is 0.903. The summed E-state index contributed by atoms with van der Waals surface area (Å²) in [5.41, 5.74) is 1.99. The van der Waals surface area contributed by atoms with Crippen molar-refractivity contribution in [2.45, 2.75) is 25.3 Å². The second kappa shape index (κ2) is 7.62. The number of benzene rings is 1. The van der Waals surface area contributed by atoms with Crippen LogP contribution in [0.2, 0.25) is 5.02 Å². The van der Waals surface area contributed by atoms with E-state index in [1.54, 1.807) is 24.5 Å². The van der Waals surface area contributed by atoms with Crippen molar-refractivity contribution < 1.29 is 9.18 Å². The van der Waals surface area contributed by atoms with Crippen LogP contribution in [0.15, 0.2) is 42.7 Å². The van der Waals surface area contributed by atoms with Gasteiger partial charge in [-0.05, 0) is 48.7 Å². The number of nitrogens with zero attached hydrogens (tertiary/aromatic N) is 2. The lowest BCUT2D eigenvalue weighted by Crippen LogP contribution is -2.37. The zero-order chi connectivity index (χ0) is 16.9. The molecule has 3 rings (SSSR count). The number of nitrogens with one attached hydrogen (secondary N) is 1. The van der Waals surface area contributed by atoms with E-state index >= 15 is 0 Å². The number of pyridine rings is 1. The zero-order valence-electron chi connectivity index (χ0n) is 13.2. The summed E-state index contributed by atoms with van der Waals surface area (Å²) in [6, 6.07) is 8.67. The molecule has 4 nitrogen and oxygen atoms in total. The van der Waals surface area contributed by atoms with Crippen molar-refractivity contribution in [1.29, 1.82) is 0 Å². The molecule has 2 aromatic rings. The molecule has 1 fully saturated rings. The summed E-state index contributed by atoms with van der Waals surface area (Å²) < 4.78 is 13.2. The number of amides is 1. The Labute approximate surface area is 145 Å². The molecule has 0 bridgehead atoms. The largest absolute Gasteiger partial charge is 0.369 e. The third-order valence-electron chi connectivity index (χ3n) is 4.21. The fraction of sp³-hybridized carbons (Fsp3) is 0.333. The van der Waals surface area contributed by atoms with Crippen LogP contribution in [0.4, 0.5) is 10.1 Å². The molecule has 0 unspecified atom stereocenters. The maximum atomic E-state index is 13.2. The number of halogens is 2. The number of carbonyl (C=O) groups is 1. The van der Waals surface area contributed by atoms with Crippen molar-refractivity contribution in [2.75, 3.05) is 18.0 Å². The Bertz CT molecular complexity index is 711. The van der Waals surface area contributed by atoms with E-state index in [0.29, 0.717) is 19.4 Å². The van der Waals surface area contributed by atoms with E-state index in [1.807, 2.05) is 12.1 Å². The summed E-state index contributed by atoms with van der Waals surface area (Å²) in [5, 5.41) is 3.19. The Morgan fingerprint density at radius 3 is 2.88 bits per heavy atom. The van der Waals surface area contributed by atoms with E-state index in [9.17, 15) is 9.18 Å². The third kappa shape index (κ3) is 4.23. The Hall–Kier alpha value is -2.14. The monoisotopic (exact) mass is 347 g/mol. The maximum absolute atomic E-state index is 13.2. The third-order valence-corrected chi connectivity index (χ3v) is 4.50. The minimum absolute atomic E-state index is 0.0517.